The Kier molecular flexibility index (Phi) is 6.25. The average Bonchev–Trinajstić information content (AvgIpc) is 2.68. The minimum Gasteiger partial charge on any atom is -0.204 e. The summed E-state index contributed by atoms with van der Waals surface area (Å²) in [5.74, 6) is 0.537. The van der Waals surface area contributed by atoms with Gasteiger partial charge in [0.25, 0.3) is 0 Å². The van der Waals surface area contributed by atoms with E-state index < -0.39 is 11.6 Å². The molecule has 0 unspecified atom stereocenters. The molecule has 0 N–H and O–H groups in total. The van der Waals surface area contributed by atoms with Crippen molar-refractivity contribution in [3.8, 4) is 6.07 Å². The van der Waals surface area contributed by atoms with Gasteiger partial charge in [0.2, 0.25) is 0 Å². The molecule has 3 heteroatoms. The molecule has 0 aromatic heterocycles. The van der Waals surface area contributed by atoms with Gasteiger partial charge in [0, 0.05) is 6.08 Å². The lowest BCUT2D eigenvalue weighted by molar-refractivity contribution is 0.290. The molecular weight excluding hydrogens is 328 g/mol. The minimum atomic E-state index is -0.768. The van der Waals surface area contributed by atoms with E-state index in [1.807, 2.05) is 6.08 Å². The van der Waals surface area contributed by atoms with Crippen molar-refractivity contribution in [3.63, 3.8) is 0 Å². The van der Waals surface area contributed by atoms with Crippen molar-refractivity contribution < 1.29 is 8.78 Å². The van der Waals surface area contributed by atoms with Crippen molar-refractivity contribution in [2.24, 2.45) is 17.8 Å². The zero-order valence-electron chi connectivity index (χ0n) is 15.3. The maximum Gasteiger partial charge on any atom is 0.159 e. The lowest BCUT2D eigenvalue weighted by Gasteiger charge is -2.35. The Morgan fingerprint density at radius 3 is 2.15 bits per heavy atom. The van der Waals surface area contributed by atoms with Crippen LogP contribution >= 0.6 is 0 Å². The third-order valence-corrected chi connectivity index (χ3v) is 6.41. The molecule has 0 atom stereocenters. The highest BCUT2D eigenvalue weighted by Crippen LogP contribution is 2.43. The summed E-state index contributed by atoms with van der Waals surface area (Å²) in [4.78, 5) is 0. The number of hydrogen-bond acceptors (Lipinski definition) is 1. The number of hydrogen-bond donors (Lipinski definition) is 0. The lowest BCUT2D eigenvalue weighted by Crippen LogP contribution is -2.22. The van der Waals surface area contributed by atoms with Crippen molar-refractivity contribution in [3.05, 3.63) is 59.7 Å². The molecule has 0 aliphatic heterocycles. The first kappa shape index (κ1) is 18.8. The van der Waals surface area contributed by atoms with Crippen LogP contribution in [-0.4, -0.2) is 0 Å². The fourth-order valence-corrected chi connectivity index (χ4v) is 4.76. The van der Waals surface area contributed by atoms with Gasteiger partial charge in [-0.3, -0.25) is 0 Å². The third-order valence-electron chi connectivity index (χ3n) is 6.41. The monoisotopic (exact) mass is 355 g/mol. The number of nitriles is 1. The first-order chi connectivity index (χ1) is 12.6. The van der Waals surface area contributed by atoms with Crippen molar-refractivity contribution in [1.82, 2.24) is 0 Å². The average molecular weight is 355 g/mol. The summed E-state index contributed by atoms with van der Waals surface area (Å²) < 4.78 is 26.6. The van der Waals surface area contributed by atoms with Crippen LogP contribution in [-0.2, 0) is 0 Å². The van der Waals surface area contributed by atoms with Gasteiger partial charge in [-0.2, -0.15) is 5.26 Å². The Balaban J connectivity index is 1.50. The highest BCUT2D eigenvalue weighted by molar-refractivity contribution is 5.23. The van der Waals surface area contributed by atoms with Gasteiger partial charge in [0.15, 0.2) is 11.6 Å². The quantitative estimate of drug-likeness (QED) is 0.436. The standard InChI is InChI=1S/C23H27F2N/c1-16(18-6-4-17(5-7-18)3-2-14-26)19-8-10-20(11-9-19)21-12-13-22(24)23(25)15-21/h2-3,12-13,15,17-20H,1,4-11H2. The Morgan fingerprint density at radius 2 is 1.58 bits per heavy atom. The summed E-state index contributed by atoms with van der Waals surface area (Å²) in [6, 6.07) is 6.42. The van der Waals surface area contributed by atoms with Crippen LogP contribution in [0.2, 0.25) is 0 Å². The van der Waals surface area contributed by atoms with Gasteiger partial charge in [0.05, 0.1) is 6.07 Å². The number of rotatable bonds is 4. The fourth-order valence-electron chi connectivity index (χ4n) is 4.76. The highest BCUT2D eigenvalue weighted by Gasteiger charge is 2.29. The first-order valence-corrected chi connectivity index (χ1v) is 9.78. The predicted molar refractivity (Wildman–Crippen MR) is 100 cm³/mol. The van der Waals surface area contributed by atoms with Gasteiger partial charge in [-0.15, -0.1) is 0 Å². The molecule has 0 heterocycles. The van der Waals surface area contributed by atoms with Crippen molar-refractivity contribution in [2.75, 3.05) is 0 Å². The molecule has 0 radical (unpaired) electrons. The zero-order valence-corrected chi connectivity index (χ0v) is 15.3. The molecule has 3 rings (SSSR count). The number of allylic oxidation sites excluding steroid dienone is 3. The van der Waals surface area contributed by atoms with Crippen molar-refractivity contribution in [2.45, 2.75) is 57.3 Å². The summed E-state index contributed by atoms with van der Waals surface area (Å²) >= 11 is 0. The van der Waals surface area contributed by atoms with Crippen molar-refractivity contribution >= 4 is 0 Å². The van der Waals surface area contributed by atoms with E-state index in [4.69, 9.17) is 5.26 Å². The van der Waals surface area contributed by atoms with Crippen LogP contribution < -0.4 is 0 Å². The van der Waals surface area contributed by atoms with Gasteiger partial charge >= 0.3 is 0 Å². The third kappa shape index (κ3) is 4.41. The molecule has 2 saturated carbocycles. The second kappa shape index (κ2) is 8.62. The summed E-state index contributed by atoms with van der Waals surface area (Å²) in [6.07, 6.45) is 12.5. The summed E-state index contributed by atoms with van der Waals surface area (Å²) in [5.41, 5.74) is 2.33. The molecular formula is C23H27F2N. The van der Waals surface area contributed by atoms with Crippen LogP contribution in [0.5, 0.6) is 0 Å². The SMILES string of the molecule is C=C(C1CCC(C=CC#N)CC1)C1CCC(c2ccc(F)c(F)c2)CC1. The Morgan fingerprint density at radius 1 is 0.962 bits per heavy atom. The zero-order chi connectivity index (χ0) is 18.5. The van der Waals surface area contributed by atoms with Gasteiger partial charge in [-0.1, -0.05) is 24.3 Å². The second-order valence-corrected chi connectivity index (χ2v) is 7.90. The molecule has 1 aromatic rings. The van der Waals surface area contributed by atoms with E-state index in [-0.39, 0.29) is 0 Å². The van der Waals surface area contributed by atoms with Gasteiger partial charge < -0.3 is 0 Å². The van der Waals surface area contributed by atoms with Crippen LogP contribution in [0.15, 0.2) is 42.5 Å². The second-order valence-electron chi connectivity index (χ2n) is 7.90. The van der Waals surface area contributed by atoms with Crippen LogP contribution in [0.3, 0.4) is 0 Å². The number of halogens is 2. The molecule has 2 aliphatic carbocycles. The van der Waals surface area contributed by atoms with Crippen molar-refractivity contribution in [1.29, 1.82) is 5.26 Å². The molecule has 1 aromatic carbocycles. The number of nitrogens with zero attached hydrogens (tertiary/aromatic N) is 1. The molecule has 2 fully saturated rings. The predicted octanol–water partition coefficient (Wildman–Crippen LogP) is 6.68. The number of benzene rings is 1. The largest absolute Gasteiger partial charge is 0.204 e. The first-order valence-electron chi connectivity index (χ1n) is 9.78. The maximum absolute atomic E-state index is 13.5. The van der Waals surface area contributed by atoms with E-state index in [2.05, 4.69) is 12.6 Å². The van der Waals surface area contributed by atoms with Crippen LogP contribution in [0.25, 0.3) is 0 Å². The van der Waals surface area contributed by atoms with Crippen LogP contribution in [0, 0.1) is 40.7 Å². The van der Waals surface area contributed by atoms with Crippen LogP contribution in [0.1, 0.15) is 62.8 Å². The molecule has 0 amide bonds. The van der Waals surface area contributed by atoms with Gasteiger partial charge in [-0.05, 0) is 92.7 Å². The summed E-state index contributed by atoms with van der Waals surface area (Å²) in [5, 5.41) is 8.65. The Bertz CT molecular complexity index is 699. The topological polar surface area (TPSA) is 23.8 Å². The van der Waals surface area contributed by atoms with Gasteiger partial charge in [-0.25, -0.2) is 8.78 Å². The lowest BCUT2D eigenvalue weighted by atomic mass is 9.70. The summed E-state index contributed by atoms with van der Waals surface area (Å²) in [7, 11) is 0. The van der Waals surface area contributed by atoms with E-state index >= 15 is 0 Å². The Labute approximate surface area is 155 Å². The maximum atomic E-state index is 13.5. The normalized spacial score (nSPS) is 29.4. The van der Waals surface area contributed by atoms with Gasteiger partial charge in [0.1, 0.15) is 0 Å². The smallest absolute Gasteiger partial charge is 0.159 e. The molecule has 0 bridgehead atoms. The molecule has 0 spiro atoms. The van der Waals surface area contributed by atoms with Crippen LogP contribution in [0.4, 0.5) is 8.78 Å². The van der Waals surface area contributed by atoms with E-state index in [1.165, 1.54) is 30.5 Å². The highest BCUT2D eigenvalue weighted by atomic mass is 19.2. The minimum absolute atomic E-state index is 0.334. The van der Waals surface area contributed by atoms with E-state index in [0.29, 0.717) is 23.7 Å². The van der Waals surface area contributed by atoms with E-state index in [1.54, 1.807) is 12.1 Å². The molecule has 2 aliphatic rings. The van der Waals surface area contributed by atoms with E-state index in [0.717, 1.165) is 44.1 Å². The fraction of sp³-hybridized carbons (Fsp3) is 0.522. The molecule has 0 saturated heterocycles. The van der Waals surface area contributed by atoms with E-state index in [9.17, 15) is 8.78 Å². The molecule has 26 heavy (non-hydrogen) atoms. The Hall–Kier alpha value is -1.95. The molecule has 1 nitrogen and oxygen atoms in total. The summed E-state index contributed by atoms with van der Waals surface area (Å²) in [6.45, 7) is 4.43. The molecule has 138 valence electrons.